The largest absolute Gasteiger partial charge is 0.350 e. The van der Waals surface area contributed by atoms with Crippen LogP contribution in [0.3, 0.4) is 0 Å². The van der Waals surface area contributed by atoms with E-state index in [0.717, 1.165) is 31.5 Å². The SMILES string of the molecule is Cc1cccc(CC2C3C=NC4(C(=O)NCc5ccccc5)C(C3)CN(CC(C)C)C24)c1. The first-order valence-electron chi connectivity index (χ1n) is 12.1. The van der Waals surface area contributed by atoms with Crippen molar-refractivity contribution in [1.29, 1.82) is 0 Å². The predicted molar refractivity (Wildman–Crippen MR) is 130 cm³/mol. The highest BCUT2D eigenvalue weighted by Crippen LogP contribution is 2.54. The van der Waals surface area contributed by atoms with Gasteiger partial charge in [-0.05, 0) is 48.6 Å². The summed E-state index contributed by atoms with van der Waals surface area (Å²) in [5, 5.41) is 3.27. The molecule has 4 bridgehead atoms. The van der Waals surface area contributed by atoms with E-state index in [-0.39, 0.29) is 11.9 Å². The molecular weight excluding hydrogens is 394 g/mol. The van der Waals surface area contributed by atoms with Crippen molar-refractivity contribution in [3.8, 4) is 0 Å². The van der Waals surface area contributed by atoms with Gasteiger partial charge in [0.15, 0.2) is 5.54 Å². The van der Waals surface area contributed by atoms with Crippen LogP contribution >= 0.6 is 0 Å². The highest BCUT2D eigenvalue weighted by Gasteiger charge is 2.67. The van der Waals surface area contributed by atoms with Gasteiger partial charge in [0.2, 0.25) is 5.91 Å². The number of aryl methyl sites for hydroxylation is 1. The lowest BCUT2D eigenvalue weighted by Gasteiger charge is -2.51. The Labute approximate surface area is 192 Å². The summed E-state index contributed by atoms with van der Waals surface area (Å²) in [7, 11) is 0. The van der Waals surface area contributed by atoms with Gasteiger partial charge in [-0.1, -0.05) is 74.0 Å². The molecule has 3 heterocycles. The number of benzene rings is 2. The Hall–Kier alpha value is -2.46. The number of aliphatic imine (C=N–C) groups is 1. The second-order valence-corrected chi connectivity index (χ2v) is 10.5. The van der Waals surface area contributed by atoms with E-state index >= 15 is 0 Å². The number of hydrogen-bond acceptors (Lipinski definition) is 3. The molecule has 1 N–H and O–H groups in total. The number of nitrogens with zero attached hydrogens (tertiary/aromatic N) is 2. The molecule has 5 unspecified atom stereocenters. The number of rotatable bonds is 7. The Morgan fingerprint density at radius 2 is 1.94 bits per heavy atom. The maximum atomic E-state index is 13.8. The van der Waals surface area contributed by atoms with E-state index in [9.17, 15) is 4.79 Å². The molecule has 2 fully saturated rings. The molecule has 4 heteroatoms. The quantitative estimate of drug-likeness (QED) is 0.714. The number of hydrogen-bond donors (Lipinski definition) is 1. The van der Waals surface area contributed by atoms with Crippen molar-refractivity contribution in [2.75, 3.05) is 13.1 Å². The van der Waals surface area contributed by atoms with Crippen LogP contribution in [0.2, 0.25) is 0 Å². The van der Waals surface area contributed by atoms with E-state index in [2.05, 4.69) is 73.6 Å². The minimum absolute atomic E-state index is 0.117. The molecule has 168 valence electrons. The average Bonchev–Trinajstić information content (AvgIpc) is 3.03. The smallest absolute Gasteiger partial charge is 0.250 e. The van der Waals surface area contributed by atoms with Gasteiger partial charge in [0.25, 0.3) is 0 Å². The van der Waals surface area contributed by atoms with Crippen LogP contribution < -0.4 is 5.32 Å². The van der Waals surface area contributed by atoms with Gasteiger partial charge in [-0.2, -0.15) is 0 Å². The molecule has 0 spiro atoms. The van der Waals surface area contributed by atoms with Crippen molar-refractivity contribution < 1.29 is 4.79 Å². The molecule has 0 radical (unpaired) electrons. The summed E-state index contributed by atoms with van der Waals surface area (Å²) in [5.74, 6) is 1.89. The third-order valence-corrected chi connectivity index (χ3v) is 7.73. The normalized spacial score (nSPS) is 30.8. The van der Waals surface area contributed by atoms with Crippen LogP contribution in [0.5, 0.6) is 0 Å². The van der Waals surface area contributed by atoms with Gasteiger partial charge in [0.1, 0.15) is 0 Å². The topological polar surface area (TPSA) is 44.7 Å². The van der Waals surface area contributed by atoms with Crippen LogP contribution in [-0.4, -0.2) is 41.7 Å². The average molecular weight is 430 g/mol. The molecule has 2 aromatic carbocycles. The van der Waals surface area contributed by atoms with Crippen LogP contribution in [0, 0.1) is 30.6 Å². The molecule has 5 atom stereocenters. The fourth-order valence-electron chi connectivity index (χ4n) is 6.55. The lowest BCUT2D eigenvalue weighted by molar-refractivity contribution is -0.132. The van der Waals surface area contributed by atoms with Crippen LogP contribution in [0.25, 0.3) is 0 Å². The van der Waals surface area contributed by atoms with E-state index in [4.69, 9.17) is 4.99 Å². The zero-order valence-electron chi connectivity index (χ0n) is 19.5. The zero-order valence-corrected chi connectivity index (χ0v) is 19.5. The maximum Gasteiger partial charge on any atom is 0.250 e. The molecule has 1 amide bonds. The van der Waals surface area contributed by atoms with Crippen LogP contribution in [0.1, 0.15) is 37.0 Å². The fourth-order valence-corrected chi connectivity index (χ4v) is 6.55. The molecule has 4 aliphatic rings. The minimum atomic E-state index is -0.646. The van der Waals surface area contributed by atoms with E-state index < -0.39 is 5.54 Å². The maximum absolute atomic E-state index is 13.8. The summed E-state index contributed by atoms with van der Waals surface area (Å²) in [6.45, 7) is 9.30. The first-order chi connectivity index (χ1) is 15.5. The summed E-state index contributed by atoms with van der Waals surface area (Å²) in [4.78, 5) is 21.5. The Balaban J connectivity index is 1.46. The van der Waals surface area contributed by atoms with Gasteiger partial charge in [-0.25, -0.2) is 0 Å². The van der Waals surface area contributed by atoms with Crippen molar-refractivity contribution in [1.82, 2.24) is 10.2 Å². The van der Waals surface area contributed by atoms with Crippen molar-refractivity contribution >= 4 is 12.1 Å². The number of nitrogens with one attached hydrogen (secondary N) is 1. The summed E-state index contributed by atoms with van der Waals surface area (Å²) < 4.78 is 0. The number of carbonyl (C=O) groups is 1. The van der Waals surface area contributed by atoms with Crippen LogP contribution in [0.15, 0.2) is 59.6 Å². The third kappa shape index (κ3) is 3.69. The van der Waals surface area contributed by atoms with Gasteiger partial charge < -0.3 is 5.32 Å². The molecule has 3 aliphatic heterocycles. The van der Waals surface area contributed by atoms with Crippen molar-refractivity contribution in [3.05, 3.63) is 71.3 Å². The molecule has 2 aromatic rings. The molecule has 0 aromatic heterocycles. The number of amides is 1. The number of carbonyl (C=O) groups excluding carboxylic acids is 1. The molecule has 32 heavy (non-hydrogen) atoms. The predicted octanol–water partition coefficient (Wildman–Crippen LogP) is 4.27. The van der Waals surface area contributed by atoms with E-state index in [1.54, 1.807) is 0 Å². The number of likely N-dealkylation sites (tertiary alicyclic amines) is 1. The van der Waals surface area contributed by atoms with Gasteiger partial charge in [0.05, 0.1) is 0 Å². The second kappa shape index (κ2) is 8.47. The third-order valence-electron chi connectivity index (χ3n) is 7.73. The Kier molecular flexibility index (Phi) is 5.66. The molecule has 1 saturated heterocycles. The standard InChI is InChI=1S/C28H35N3O/c1-19(2)17-31-18-24-14-23-16-30-28(24,27(32)29-15-21-9-5-4-6-10-21)26(31)25(23)13-22-11-7-8-20(3)12-22/h4-12,16,19,23-26H,13-15,17-18H2,1-3H3,(H,29,32). The van der Waals surface area contributed by atoms with Crippen molar-refractivity contribution in [2.24, 2.45) is 28.7 Å². The van der Waals surface area contributed by atoms with Crippen molar-refractivity contribution in [3.63, 3.8) is 0 Å². The summed E-state index contributed by atoms with van der Waals surface area (Å²) in [6.07, 6.45) is 4.22. The first-order valence-corrected chi connectivity index (χ1v) is 12.1. The molecular formula is C28H35N3O. The van der Waals surface area contributed by atoms with Gasteiger partial charge in [0, 0.05) is 37.8 Å². The van der Waals surface area contributed by atoms with E-state index in [1.807, 2.05) is 18.2 Å². The summed E-state index contributed by atoms with van der Waals surface area (Å²) in [6, 6.07) is 19.2. The molecule has 1 saturated carbocycles. The fraction of sp³-hybridized carbons (Fsp3) is 0.500. The van der Waals surface area contributed by atoms with E-state index in [1.165, 1.54) is 11.1 Å². The summed E-state index contributed by atoms with van der Waals surface area (Å²) >= 11 is 0. The monoisotopic (exact) mass is 429 g/mol. The van der Waals surface area contributed by atoms with Crippen LogP contribution in [0.4, 0.5) is 0 Å². The highest BCUT2D eigenvalue weighted by molar-refractivity contribution is 5.92. The van der Waals surface area contributed by atoms with Gasteiger partial charge >= 0.3 is 0 Å². The summed E-state index contributed by atoms with van der Waals surface area (Å²) in [5.41, 5.74) is 3.17. The zero-order chi connectivity index (χ0) is 22.3. The Morgan fingerprint density at radius 1 is 1.16 bits per heavy atom. The molecule has 6 rings (SSSR count). The Bertz CT molecular complexity index is 1000. The Morgan fingerprint density at radius 3 is 2.69 bits per heavy atom. The lowest BCUT2D eigenvalue weighted by Crippen LogP contribution is -2.66. The van der Waals surface area contributed by atoms with Crippen molar-refractivity contribution in [2.45, 2.75) is 51.7 Å². The highest BCUT2D eigenvalue weighted by atomic mass is 16.2. The van der Waals surface area contributed by atoms with Gasteiger partial charge in [-0.15, -0.1) is 0 Å². The molecule has 1 aliphatic carbocycles. The molecule has 4 nitrogen and oxygen atoms in total. The van der Waals surface area contributed by atoms with Crippen LogP contribution in [-0.2, 0) is 17.8 Å². The second-order valence-electron chi connectivity index (χ2n) is 10.5. The lowest BCUT2D eigenvalue weighted by atomic mass is 9.59. The minimum Gasteiger partial charge on any atom is -0.350 e. The van der Waals surface area contributed by atoms with E-state index in [0.29, 0.717) is 30.2 Å². The van der Waals surface area contributed by atoms with Gasteiger partial charge in [-0.3, -0.25) is 14.7 Å². The first kappa shape index (κ1) is 21.4.